The maximum absolute atomic E-state index is 13.2. The van der Waals surface area contributed by atoms with Crippen LogP contribution in [0.25, 0.3) is 0 Å². The fourth-order valence-electron chi connectivity index (χ4n) is 1.79. The van der Waals surface area contributed by atoms with E-state index < -0.39 is 5.82 Å². The van der Waals surface area contributed by atoms with Gasteiger partial charge >= 0.3 is 0 Å². The maximum atomic E-state index is 13.2. The summed E-state index contributed by atoms with van der Waals surface area (Å²) in [6.45, 7) is 0.938. The van der Waals surface area contributed by atoms with Gasteiger partial charge in [-0.2, -0.15) is 0 Å². The molecule has 0 aromatic heterocycles. The van der Waals surface area contributed by atoms with Gasteiger partial charge < -0.3 is 5.32 Å². The topological polar surface area (TPSA) is 12.0 Å². The third kappa shape index (κ3) is 1.74. The second kappa shape index (κ2) is 4.05. The van der Waals surface area contributed by atoms with E-state index in [1.165, 1.54) is 6.07 Å². The van der Waals surface area contributed by atoms with Crippen LogP contribution < -0.4 is 5.32 Å². The van der Waals surface area contributed by atoms with Crippen LogP contribution in [0.2, 0.25) is 10.0 Å². The van der Waals surface area contributed by atoms with Crippen LogP contribution in [0, 0.1) is 5.82 Å². The average molecular weight is 234 g/mol. The normalized spacial score (nSPS) is 21.5. The summed E-state index contributed by atoms with van der Waals surface area (Å²) in [5.41, 5.74) is 0.700. The Morgan fingerprint density at radius 1 is 1.36 bits per heavy atom. The van der Waals surface area contributed by atoms with Gasteiger partial charge in [-0.25, -0.2) is 4.39 Å². The molecular formula is C10H10Cl2FN. The van der Waals surface area contributed by atoms with Crippen molar-refractivity contribution in [1.82, 2.24) is 5.32 Å². The lowest BCUT2D eigenvalue weighted by Crippen LogP contribution is -2.14. The van der Waals surface area contributed by atoms with Crippen molar-refractivity contribution in [3.63, 3.8) is 0 Å². The lowest BCUT2D eigenvalue weighted by Gasteiger charge is -2.14. The highest BCUT2D eigenvalue weighted by Gasteiger charge is 2.22. The Hall–Kier alpha value is -0.310. The standard InChI is InChI=1S/C10H10Cl2FN/c11-6-3-4-7(13)10(12)9(6)8-2-1-5-14-8/h3-4,8,14H,1-2,5H2/t8-/m0/s1. The van der Waals surface area contributed by atoms with Crippen molar-refractivity contribution in [2.75, 3.05) is 6.54 Å². The molecule has 1 aliphatic heterocycles. The highest BCUT2D eigenvalue weighted by Crippen LogP contribution is 2.35. The molecule has 1 N–H and O–H groups in total. The van der Waals surface area contributed by atoms with Crippen LogP contribution in [-0.4, -0.2) is 6.54 Å². The van der Waals surface area contributed by atoms with Crippen LogP contribution >= 0.6 is 23.2 Å². The molecule has 14 heavy (non-hydrogen) atoms. The van der Waals surface area contributed by atoms with Crippen molar-refractivity contribution in [2.45, 2.75) is 18.9 Å². The van der Waals surface area contributed by atoms with Crippen molar-refractivity contribution < 1.29 is 4.39 Å². The molecule has 1 nitrogen and oxygen atoms in total. The summed E-state index contributed by atoms with van der Waals surface area (Å²) in [6, 6.07) is 2.95. The molecule has 0 radical (unpaired) electrons. The number of halogens is 3. The van der Waals surface area contributed by atoms with Gasteiger partial charge in [-0.1, -0.05) is 23.2 Å². The van der Waals surface area contributed by atoms with Crippen LogP contribution in [0.5, 0.6) is 0 Å². The van der Waals surface area contributed by atoms with Gasteiger partial charge in [0.2, 0.25) is 0 Å². The first-order valence-corrected chi connectivity index (χ1v) is 5.32. The Balaban J connectivity index is 2.44. The zero-order valence-corrected chi connectivity index (χ0v) is 9.00. The van der Waals surface area contributed by atoms with Crippen LogP contribution in [0.4, 0.5) is 4.39 Å². The maximum Gasteiger partial charge on any atom is 0.142 e. The van der Waals surface area contributed by atoms with Crippen LogP contribution in [0.15, 0.2) is 12.1 Å². The van der Waals surface area contributed by atoms with Gasteiger partial charge in [0.15, 0.2) is 0 Å². The third-order valence-corrected chi connectivity index (χ3v) is 3.20. The summed E-state index contributed by atoms with van der Waals surface area (Å²) < 4.78 is 13.2. The summed E-state index contributed by atoms with van der Waals surface area (Å²) >= 11 is 11.9. The van der Waals surface area contributed by atoms with Gasteiger partial charge in [-0.15, -0.1) is 0 Å². The molecule has 1 aromatic carbocycles. The molecule has 1 aliphatic rings. The van der Waals surface area contributed by atoms with Crippen molar-refractivity contribution in [3.05, 3.63) is 33.6 Å². The second-order valence-corrected chi connectivity index (χ2v) is 4.19. The summed E-state index contributed by atoms with van der Waals surface area (Å²) in [5, 5.41) is 3.93. The van der Waals surface area contributed by atoms with E-state index in [-0.39, 0.29) is 11.1 Å². The van der Waals surface area contributed by atoms with E-state index in [9.17, 15) is 4.39 Å². The van der Waals surface area contributed by atoms with Crippen LogP contribution in [0.1, 0.15) is 24.4 Å². The van der Waals surface area contributed by atoms with E-state index in [1.54, 1.807) is 6.07 Å². The highest BCUT2D eigenvalue weighted by atomic mass is 35.5. The Morgan fingerprint density at radius 3 is 2.79 bits per heavy atom. The molecule has 1 heterocycles. The zero-order chi connectivity index (χ0) is 10.1. The summed E-state index contributed by atoms with van der Waals surface area (Å²) in [7, 11) is 0. The van der Waals surface area contributed by atoms with Crippen molar-refractivity contribution in [2.24, 2.45) is 0 Å². The summed E-state index contributed by atoms with van der Waals surface area (Å²) in [5.74, 6) is -0.403. The van der Waals surface area contributed by atoms with Gasteiger partial charge in [0.05, 0.1) is 5.02 Å². The largest absolute Gasteiger partial charge is 0.310 e. The molecule has 4 heteroatoms. The molecule has 1 fully saturated rings. The van der Waals surface area contributed by atoms with Crippen molar-refractivity contribution in [1.29, 1.82) is 0 Å². The molecule has 1 atom stereocenters. The van der Waals surface area contributed by atoms with E-state index >= 15 is 0 Å². The van der Waals surface area contributed by atoms with Gasteiger partial charge in [-0.3, -0.25) is 0 Å². The molecule has 1 saturated heterocycles. The fourth-order valence-corrected chi connectivity index (χ4v) is 2.43. The minimum absolute atomic E-state index is 0.102. The molecule has 1 aromatic rings. The summed E-state index contributed by atoms with van der Waals surface area (Å²) in [4.78, 5) is 0. The lowest BCUT2D eigenvalue weighted by molar-refractivity contribution is 0.607. The number of benzene rings is 1. The Kier molecular flexibility index (Phi) is 2.96. The molecule has 76 valence electrons. The monoisotopic (exact) mass is 233 g/mol. The minimum Gasteiger partial charge on any atom is -0.310 e. The molecule has 0 bridgehead atoms. The third-order valence-electron chi connectivity index (χ3n) is 2.49. The van der Waals surface area contributed by atoms with E-state index in [0.717, 1.165) is 19.4 Å². The van der Waals surface area contributed by atoms with Crippen molar-refractivity contribution in [3.8, 4) is 0 Å². The molecule has 2 rings (SSSR count). The Bertz CT molecular complexity index is 348. The summed E-state index contributed by atoms with van der Waals surface area (Å²) in [6.07, 6.45) is 2.04. The molecular weight excluding hydrogens is 224 g/mol. The van der Waals surface area contributed by atoms with Crippen molar-refractivity contribution >= 4 is 23.2 Å². The first-order valence-electron chi connectivity index (χ1n) is 4.57. The first kappa shape index (κ1) is 10.2. The number of nitrogens with one attached hydrogen (secondary N) is 1. The number of hydrogen-bond donors (Lipinski definition) is 1. The molecule has 0 unspecified atom stereocenters. The van der Waals surface area contributed by atoms with E-state index in [0.29, 0.717) is 10.6 Å². The van der Waals surface area contributed by atoms with Crippen LogP contribution in [-0.2, 0) is 0 Å². The Labute approximate surface area is 92.2 Å². The average Bonchev–Trinajstić information content (AvgIpc) is 2.65. The van der Waals surface area contributed by atoms with Gasteiger partial charge in [0, 0.05) is 16.6 Å². The van der Waals surface area contributed by atoms with E-state index in [4.69, 9.17) is 23.2 Å². The zero-order valence-electron chi connectivity index (χ0n) is 7.49. The highest BCUT2D eigenvalue weighted by molar-refractivity contribution is 6.36. The minimum atomic E-state index is -0.403. The first-order chi connectivity index (χ1) is 6.70. The molecule has 0 saturated carbocycles. The Morgan fingerprint density at radius 2 is 2.14 bits per heavy atom. The smallest absolute Gasteiger partial charge is 0.142 e. The van der Waals surface area contributed by atoms with Gasteiger partial charge in [0.1, 0.15) is 5.82 Å². The SMILES string of the molecule is Fc1ccc(Cl)c([C@@H]2CCCN2)c1Cl. The molecule has 0 amide bonds. The fraction of sp³-hybridized carbons (Fsp3) is 0.400. The van der Waals surface area contributed by atoms with Gasteiger partial charge in [0.25, 0.3) is 0 Å². The lowest BCUT2D eigenvalue weighted by atomic mass is 10.1. The van der Waals surface area contributed by atoms with E-state index in [1.807, 2.05) is 0 Å². The predicted octanol–water partition coefficient (Wildman–Crippen LogP) is 3.56. The predicted molar refractivity (Wildman–Crippen MR) is 56.4 cm³/mol. The number of hydrogen-bond acceptors (Lipinski definition) is 1. The number of rotatable bonds is 1. The second-order valence-electron chi connectivity index (χ2n) is 3.41. The van der Waals surface area contributed by atoms with Crippen LogP contribution in [0.3, 0.4) is 0 Å². The van der Waals surface area contributed by atoms with E-state index in [2.05, 4.69) is 5.32 Å². The molecule has 0 spiro atoms. The molecule has 0 aliphatic carbocycles. The van der Waals surface area contributed by atoms with Gasteiger partial charge in [-0.05, 0) is 31.5 Å². The quantitative estimate of drug-likeness (QED) is 0.732.